The predicted molar refractivity (Wildman–Crippen MR) is 69.7 cm³/mol. The van der Waals surface area contributed by atoms with Gasteiger partial charge in [-0.25, -0.2) is 4.79 Å². The Kier molecular flexibility index (Phi) is 3.54. The summed E-state index contributed by atoms with van der Waals surface area (Å²) in [5, 5.41) is 12.4. The van der Waals surface area contributed by atoms with Crippen molar-refractivity contribution in [2.24, 2.45) is 0 Å². The lowest BCUT2D eigenvalue weighted by molar-refractivity contribution is 0.194. The molecule has 7 heteroatoms. The monoisotopic (exact) mass is 288 g/mol. The van der Waals surface area contributed by atoms with Crippen LogP contribution in [-0.2, 0) is 6.54 Å². The maximum Gasteiger partial charge on any atom is 0.404 e. The van der Waals surface area contributed by atoms with E-state index in [0.29, 0.717) is 27.0 Å². The number of methoxy groups -OCH3 is 1. The minimum absolute atomic E-state index is 0.167. The number of carbonyl (C=O) groups is 1. The zero-order chi connectivity index (χ0) is 13.3. The molecular weight excluding hydrogens is 279 g/mol. The number of aromatic amines is 1. The third-order valence-electron chi connectivity index (χ3n) is 2.46. The quantitative estimate of drug-likeness (QED) is 0.812. The Balaban J connectivity index is 2.44. The topological polar surface area (TPSA) is 74.3 Å². The molecule has 2 aromatic rings. The van der Waals surface area contributed by atoms with E-state index in [-0.39, 0.29) is 6.54 Å². The number of benzene rings is 1. The fourth-order valence-corrected chi connectivity index (χ4v) is 2.37. The van der Waals surface area contributed by atoms with E-state index in [2.05, 4.69) is 10.3 Å². The second kappa shape index (κ2) is 4.96. The Hall–Kier alpha value is -1.59. The van der Waals surface area contributed by atoms with Crippen LogP contribution in [0.25, 0.3) is 10.9 Å². The van der Waals surface area contributed by atoms with Crippen molar-refractivity contribution in [2.75, 3.05) is 7.11 Å². The van der Waals surface area contributed by atoms with Crippen LogP contribution in [0.3, 0.4) is 0 Å². The van der Waals surface area contributed by atoms with E-state index >= 15 is 0 Å². The maximum absolute atomic E-state index is 10.4. The normalized spacial score (nSPS) is 10.6. The van der Waals surface area contributed by atoms with Crippen LogP contribution in [-0.4, -0.2) is 23.3 Å². The molecule has 0 saturated heterocycles. The molecule has 1 aromatic carbocycles. The van der Waals surface area contributed by atoms with Crippen LogP contribution >= 0.6 is 23.2 Å². The van der Waals surface area contributed by atoms with Gasteiger partial charge in [0.2, 0.25) is 0 Å². The Morgan fingerprint density at radius 2 is 2.22 bits per heavy atom. The van der Waals surface area contributed by atoms with Gasteiger partial charge in [-0.3, -0.25) is 0 Å². The lowest BCUT2D eigenvalue weighted by Gasteiger charge is -2.05. The first kappa shape index (κ1) is 12.9. The van der Waals surface area contributed by atoms with Gasteiger partial charge in [0.25, 0.3) is 0 Å². The van der Waals surface area contributed by atoms with E-state index in [1.165, 1.54) is 7.11 Å². The highest BCUT2D eigenvalue weighted by atomic mass is 35.5. The van der Waals surface area contributed by atoms with E-state index in [1.54, 1.807) is 12.1 Å². The zero-order valence-electron chi connectivity index (χ0n) is 9.38. The zero-order valence-corrected chi connectivity index (χ0v) is 10.9. The average molecular weight is 289 g/mol. The van der Waals surface area contributed by atoms with Gasteiger partial charge in [0.1, 0.15) is 5.02 Å². The van der Waals surface area contributed by atoms with Crippen molar-refractivity contribution < 1.29 is 14.6 Å². The van der Waals surface area contributed by atoms with Crippen molar-refractivity contribution >= 4 is 40.2 Å². The number of amides is 1. The third kappa shape index (κ3) is 2.32. The standard InChI is InChI=1S/C11H10Cl2N2O3/c1-18-10-7(12)3-5-2-6(4-14-11(16)17)15-9(5)8(10)13/h2-3,14-15H,4H2,1H3,(H,16,17). The first-order valence-corrected chi connectivity index (χ1v) is 5.79. The molecule has 0 spiro atoms. The third-order valence-corrected chi connectivity index (χ3v) is 3.10. The molecule has 0 fully saturated rings. The minimum Gasteiger partial charge on any atom is -0.494 e. The average Bonchev–Trinajstić information content (AvgIpc) is 2.70. The summed E-state index contributed by atoms with van der Waals surface area (Å²) < 4.78 is 5.10. The molecule has 0 aliphatic rings. The fraction of sp³-hybridized carbons (Fsp3) is 0.182. The molecule has 0 unspecified atom stereocenters. The van der Waals surface area contributed by atoms with Crippen molar-refractivity contribution in [3.05, 3.63) is 27.9 Å². The number of ether oxygens (including phenoxy) is 1. The van der Waals surface area contributed by atoms with Gasteiger partial charge in [-0.15, -0.1) is 0 Å². The van der Waals surface area contributed by atoms with Crippen LogP contribution in [0.5, 0.6) is 5.75 Å². The first-order valence-electron chi connectivity index (χ1n) is 5.03. The number of aromatic nitrogens is 1. The number of rotatable bonds is 3. The molecule has 0 aliphatic carbocycles. The maximum atomic E-state index is 10.4. The van der Waals surface area contributed by atoms with Gasteiger partial charge in [-0.2, -0.15) is 0 Å². The first-order chi connectivity index (χ1) is 8.52. The number of carboxylic acid groups (broad SMARTS) is 1. The molecule has 1 heterocycles. The highest BCUT2D eigenvalue weighted by Gasteiger charge is 2.13. The Morgan fingerprint density at radius 3 is 2.83 bits per heavy atom. The number of nitrogens with one attached hydrogen (secondary N) is 2. The summed E-state index contributed by atoms with van der Waals surface area (Å²) in [5.74, 6) is 0.394. The SMILES string of the molecule is COc1c(Cl)cc2cc(CNC(=O)O)[nH]c2c1Cl. The molecule has 2 rings (SSSR count). The fourth-order valence-electron chi connectivity index (χ4n) is 1.70. The van der Waals surface area contributed by atoms with E-state index in [1.807, 2.05) is 0 Å². The highest BCUT2D eigenvalue weighted by molar-refractivity contribution is 6.40. The van der Waals surface area contributed by atoms with Crippen LogP contribution in [0, 0.1) is 0 Å². The lowest BCUT2D eigenvalue weighted by Crippen LogP contribution is -2.19. The summed E-state index contributed by atoms with van der Waals surface area (Å²) in [7, 11) is 1.48. The van der Waals surface area contributed by atoms with E-state index in [4.69, 9.17) is 33.0 Å². The summed E-state index contributed by atoms with van der Waals surface area (Å²) in [6, 6.07) is 3.49. The van der Waals surface area contributed by atoms with Gasteiger partial charge >= 0.3 is 6.09 Å². The van der Waals surface area contributed by atoms with Crippen LogP contribution < -0.4 is 10.1 Å². The molecule has 96 valence electrons. The van der Waals surface area contributed by atoms with Crippen LogP contribution in [0.1, 0.15) is 5.69 Å². The molecular formula is C11H10Cl2N2O3. The van der Waals surface area contributed by atoms with Crippen LogP contribution in [0.2, 0.25) is 10.0 Å². The Bertz CT molecular complexity index is 610. The molecule has 0 radical (unpaired) electrons. The number of hydrogen-bond acceptors (Lipinski definition) is 2. The number of fused-ring (bicyclic) bond motifs is 1. The predicted octanol–water partition coefficient (Wildman–Crippen LogP) is 3.25. The Labute approximate surface area is 113 Å². The summed E-state index contributed by atoms with van der Waals surface area (Å²) in [6.45, 7) is 0.167. The number of hydrogen-bond donors (Lipinski definition) is 3. The molecule has 5 nitrogen and oxygen atoms in total. The van der Waals surface area contributed by atoms with Gasteiger partial charge in [0.05, 0.1) is 24.2 Å². The van der Waals surface area contributed by atoms with E-state index in [0.717, 1.165) is 5.39 Å². The minimum atomic E-state index is -1.09. The summed E-state index contributed by atoms with van der Waals surface area (Å²) in [4.78, 5) is 13.4. The van der Waals surface area contributed by atoms with Gasteiger partial charge < -0.3 is 20.1 Å². The second-order valence-corrected chi connectivity index (χ2v) is 4.41. The van der Waals surface area contributed by atoms with Crippen molar-refractivity contribution in [2.45, 2.75) is 6.54 Å². The van der Waals surface area contributed by atoms with Crippen molar-refractivity contribution in [1.82, 2.24) is 10.3 Å². The van der Waals surface area contributed by atoms with Gasteiger partial charge in [0, 0.05) is 11.1 Å². The molecule has 0 saturated carbocycles. The Morgan fingerprint density at radius 1 is 1.50 bits per heavy atom. The van der Waals surface area contributed by atoms with Gasteiger partial charge in [-0.05, 0) is 12.1 Å². The largest absolute Gasteiger partial charge is 0.494 e. The molecule has 0 aliphatic heterocycles. The summed E-state index contributed by atoms with van der Waals surface area (Å²) in [6.07, 6.45) is -1.09. The molecule has 3 N–H and O–H groups in total. The molecule has 1 amide bonds. The van der Waals surface area contributed by atoms with Gasteiger partial charge in [0.15, 0.2) is 5.75 Å². The molecule has 0 atom stereocenters. The van der Waals surface area contributed by atoms with Crippen LogP contribution in [0.15, 0.2) is 12.1 Å². The molecule has 0 bridgehead atoms. The van der Waals surface area contributed by atoms with Crippen molar-refractivity contribution in [3.8, 4) is 5.75 Å². The summed E-state index contributed by atoms with van der Waals surface area (Å²) >= 11 is 12.2. The van der Waals surface area contributed by atoms with Crippen LogP contribution in [0.4, 0.5) is 4.79 Å². The molecule has 18 heavy (non-hydrogen) atoms. The summed E-state index contributed by atoms with van der Waals surface area (Å²) in [5.41, 5.74) is 1.36. The number of H-pyrrole nitrogens is 1. The lowest BCUT2D eigenvalue weighted by atomic mass is 10.2. The second-order valence-electron chi connectivity index (χ2n) is 3.62. The van der Waals surface area contributed by atoms with Gasteiger partial charge in [-0.1, -0.05) is 23.2 Å². The van der Waals surface area contributed by atoms with E-state index in [9.17, 15) is 4.79 Å². The highest BCUT2D eigenvalue weighted by Crippen LogP contribution is 2.38. The smallest absolute Gasteiger partial charge is 0.404 e. The van der Waals surface area contributed by atoms with Crippen molar-refractivity contribution in [1.29, 1.82) is 0 Å². The number of halogens is 2. The van der Waals surface area contributed by atoms with E-state index < -0.39 is 6.09 Å². The van der Waals surface area contributed by atoms with Crippen molar-refractivity contribution in [3.63, 3.8) is 0 Å². The molecule has 1 aromatic heterocycles.